The van der Waals surface area contributed by atoms with Gasteiger partial charge in [0.1, 0.15) is 0 Å². The van der Waals surface area contributed by atoms with Crippen molar-refractivity contribution in [3.63, 3.8) is 0 Å². The number of anilines is 1. The molecule has 0 saturated carbocycles. The van der Waals surface area contributed by atoms with Crippen molar-refractivity contribution in [1.29, 1.82) is 0 Å². The van der Waals surface area contributed by atoms with E-state index in [0.717, 1.165) is 11.1 Å². The van der Waals surface area contributed by atoms with E-state index in [4.69, 9.17) is 4.74 Å². The Bertz CT molecular complexity index is 880. The Hall–Kier alpha value is -3.15. The summed E-state index contributed by atoms with van der Waals surface area (Å²) in [4.78, 5) is 39.0. The van der Waals surface area contributed by atoms with E-state index in [2.05, 4.69) is 5.32 Å². The van der Waals surface area contributed by atoms with Crippen LogP contribution in [0.25, 0.3) is 0 Å². The topological polar surface area (TPSA) is 75.7 Å². The highest BCUT2D eigenvalue weighted by Gasteiger charge is 2.38. The molecule has 1 aliphatic heterocycles. The maximum absolute atomic E-state index is 12.5. The van der Waals surface area contributed by atoms with Crippen LogP contribution in [0.3, 0.4) is 0 Å². The van der Waals surface area contributed by atoms with Crippen molar-refractivity contribution in [2.24, 2.45) is 5.92 Å². The Balaban J connectivity index is 1.55. The number of benzene rings is 2. The van der Waals surface area contributed by atoms with E-state index in [1.807, 2.05) is 56.3 Å². The van der Waals surface area contributed by atoms with Gasteiger partial charge in [-0.1, -0.05) is 48.0 Å². The molecular weight excluding hydrogens is 368 g/mol. The van der Waals surface area contributed by atoms with Gasteiger partial charge in [-0.05, 0) is 38.5 Å². The van der Waals surface area contributed by atoms with Gasteiger partial charge in [0.2, 0.25) is 5.91 Å². The molecule has 152 valence electrons. The van der Waals surface area contributed by atoms with Gasteiger partial charge in [0.25, 0.3) is 5.91 Å². The fourth-order valence-corrected chi connectivity index (χ4v) is 3.38. The average molecular weight is 394 g/mol. The molecule has 0 aliphatic carbocycles. The maximum Gasteiger partial charge on any atom is 0.312 e. The zero-order valence-electron chi connectivity index (χ0n) is 16.9. The van der Waals surface area contributed by atoms with Crippen LogP contribution in [0.15, 0.2) is 54.6 Å². The molecule has 0 spiro atoms. The minimum Gasteiger partial charge on any atom is -0.452 e. The average Bonchev–Trinajstić information content (AvgIpc) is 3.11. The molecule has 1 aliphatic rings. The van der Waals surface area contributed by atoms with E-state index in [1.54, 1.807) is 17.0 Å². The third-order valence-corrected chi connectivity index (χ3v) is 5.22. The van der Waals surface area contributed by atoms with Crippen molar-refractivity contribution in [2.75, 3.05) is 11.9 Å². The van der Waals surface area contributed by atoms with Gasteiger partial charge in [0.05, 0.1) is 12.0 Å². The van der Waals surface area contributed by atoms with Gasteiger partial charge in [0.15, 0.2) is 6.10 Å². The molecule has 0 unspecified atom stereocenters. The molecule has 6 nitrogen and oxygen atoms in total. The number of carbonyl (C=O) groups is 3. The fourth-order valence-electron chi connectivity index (χ4n) is 3.38. The van der Waals surface area contributed by atoms with Gasteiger partial charge >= 0.3 is 5.97 Å². The van der Waals surface area contributed by atoms with E-state index in [1.165, 1.54) is 6.92 Å². The van der Waals surface area contributed by atoms with Crippen LogP contribution in [0.2, 0.25) is 0 Å². The summed E-state index contributed by atoms with van der Waals surface area (Å²) in [6.07, 6.45) is -0.845. The third-order valence-electron chi connectivity index (χ3n) is 5.22. The van der Waals surface area contributed by atoms with Gasteiger partial charge in [-0.2, -0.15) is 0 Å². The van der Waals surface area contributed by atoms with E-state index in [-0.39, 0.29) is 18.4 Å². The maximum atomic E-state index is 12.5. The summed E-state index contributed by atoms with van der Waals surface area (Å²) in [5.41, 5.74) is 2.74. The number of nitrogens with zero attached hydrogens (tertiary/aromatic N) is 1. The first-order chi connectivity index (χ1) is 13.8. The van der Waals surface area contributed by atoms with Gasteiger partial charge < -0.3 is 15.0 Å². The molecule has 1 saturated heterocycles. The first-order valence-electron chi connectivity index (χ1n) is 9.77. The quantitative estimate of drug-likeness (QED) is 0.761. The summed E-state index contributed by atoms with van der Waals surface area (Å²) in [6, 6.07) is 16.9. The zero-order chi connectivity index (χ0) is 21.0. The lowest BCUT2D eigenvalue weighted by Crippen LogP contribution is -2.33. The summed E-state index contributed by atoms with van der Waals surface area (Å²) in [5, 5.41) is 2.73. The molecule has 1 fully saturated rings. The van der Waals surface area contributed by atoms with Crippen molar-refractivity contribution < 1.29 is 19.1 Å². The number of hydrogen-bond donors (Lipinski definition) is 1. The van der Waals surface area contributed by atoms with Crippen LogP contribution in [-0.2, 0) is 19.1 Å². The second-order valence-electron chi connectivity index (χ2n) is 7.47. The van der Waals surface area contributed by atoms with Crippen LogP contribution in [0.1, 0.15) is 37.4 Å². The molecular formula is C23H26N2O4. The molecule has 0 radical (unpaired) electrons. The van der Waals surface area contributed by atoms with Gasteiger partial charge in [-0.15, -0.1) is 0 Å². The van der Waals surface area contributed by atoms with Crippen LogP contribution < -0.4 is 5.32 Å². The second-order valence-corrected chi connectivity index (χ2v) is 7.47. The first kappa shape index (κ1) is 20.6. The lowest BCUT2D eigenvalue weighted by molar-refractivity contribution is -0.157. The number of nitrogens with one attached hydrogen (secondary N) is 1. The van der Waals surface area contributed by atoms with Crippen LogP contribution in [0.4, 0.5) is 5.69 Å². The molecule has 1 heterocycles. The van der Waals surface area contributed by atoms with Crippen molar-refractivity contribution in [2.45, 2.75) is 39.3 Å². The monoisotopic (exact) mass is 394 g/mol. The number of hydrogen-bond acceptors (Lipinski definition) is 4. The number of esters is 1. The molecule has 2 amide bonds. The number of likely N-dealkylation sites (tertiary alicyclic amines) is 1. The number of amides is 2. The smallest absolute Gasteiger partial charge is 0.312 e. The predicted molar refractivity (Wildman–Crippen MR) is 110 cm³/mol. The van der Waals surface area contributed by atoms with E-state index >= 15 is 0 Å². The zero-order valence-corrected chi connectivity index (χ0v) is 16.9. The standard InChI is InChI=1S/C23H26N2O4/c1-15-9-11-20(12-10-15)24-22(27)17(3)29-23(28)19-13-21(26)25(14-19)16(2)18-7-5-4-6-8-18/h4-12,16-17,19H,13-14H2,1-3H3,(H,24,27)/t16-,17-,19+/m0/s1. The molecule has 3 rings (SSSR count). The Morgan fingerprint density at radius 3 is 2.38 bits per heavy atom. The number of rotatable bonds is 6. The van der Waals surface area contributed by atoms with Crippen molar-refractivity contribution >= 4 is 23.5 Å². The molecule has 29 heavy (non-hydrogen) atoms. The first-order valence-corrected chi connectivity index (χ1v) is 9.77. The number of ether oxygens (including phenoxy) is 1. The molecule has 1 N–H and O–H groups in total. The van der Waals surface area contributed by atoms with Crippen LogP contribution >= 0.6 is 0 Å². The van der Waals surface area contributed by atoms with E-state index < -0.39 is 23.9 Å². The largest absolute Gasteiger partial charge is 0.452 e. The fraction of sp³-hybridized carbons (Fsp3) is 0.348. The summed E-state index contributed by atoms with van der Waals surface area (Å²) in [6.45, 7) is 5.72. The van der Waals surface area contributed by atoms with Crippen LogP contribution in [0.5, 0.6) is 0 Å². The number of carbonyl (C=O) groups excluding carboxylic acids is 3. The van der Waals surface area contributed by atoms with Gasteiger partial charge in [-0.3, -0.25) is 14.4 Å². The highest BCUT2D eigenvalue weighted by molar-refractivity contribution is 5.95. The normalized spacial score (nSPS) is 18.2. The highest BCUT2D eigenvalue weighted by atomic mass is 16.5. The molecule has 2 aromatic rings. The second kappa shape index (κ2) is 8.90. The van der Waals surface area contributed by atoms with E-state index in [9.17, 15) is 14.4 Å². The summed E-state index contributed by atoms with van der Waals surface area (Å²) >= 11 is 0. The lowest BCUT2D eigenvalue weighted by Gasteiger charge is -2.25. The van der Waals surface area contributed by atoms with Gasteiger partial charge in [0, 0.05) is 18.7 Å². The Labute approximate surface area is 170 Å². The Morgan fingerprint density at radius 2 is 1.72 bits per heavy atom. The highest BCUT2D eigenvalue weighted by Crippen LogP contribution is 2.29. The van der Waals surface area contributed by atoms with Crippen LogP contribution in [0, 0.1) is 12.8 Å². The predicted octanol–water partition coefficient (Wildman–Crippen LogP) is 3.47. The molecule has 0 bridgehead atoms. The Kier molecular flexibility index (Phi) is 6.32. The molecule has 0 aromatic heterocycles. The SMILES string of the molecule is Cc1ccc(NC(=O)[C@H](C)OC(=O)[C@@H]2CC(=O)N([C@@H](C)c3ccccc3)C2)cc1. The third kappa shape index (κ3) is 5.02. The minimum atomic E-state index is -0.945. The van der Waals surface area contributed by atoms with Crippen molar-refractivity contribution in [3.05, 3.63) is 65.7 Å². The summed E-state index contributed by atoms with van der Waals surface area (Å²) < 4.78 is 5.34. The summed E-state index contributed by atoms with van der Waals surface area (Å²) in [7, 11) is 0. The van der Waals surface area contributed by atoms with E-state index in [0.29, 0.717) is 12.2 Å². The Morgan fingerprint density at radius 1 is 1.07 bits per heavy atom. The minimum absolute atomic E-state index is 0.0833. The summed E-state index contributed by atoms with van der Waals surface area (Å²) in [5.74, 6) is -1.57. The van der Waals surface area contributed by atoms with Crippen LogP contribution in [-0.4, -0.2) is 35.3 Å². The molecule has 3 atom stereocenters. The molecule has 6 heteroatoms. The lowest BCUT2D eigenvalue weighted by atomic mass is 10.1. The molecule has 2 aromatic carbocycles. The van der Waals surface area contributed by atoms with Crippen molar-refractivity contribution in [1.82, 2.24) is 4.90 Å². The van der Waals surface area contributed by atoms with Gasteiger partial charge in [-0.25, -0.2) is 0 Å². The number of aryl methyl sites for hydroxylation is 1. The van der Waals surface area contributed by atoms with Crippen molar-refractivity contribution in [3.8, 4) is 0 Å².